The fourth-order valence-corrected chi connectivity index (χ4v) is 4.29. The number of carbonyl (C=O) groups excluding carboxylic acids is 1. The van der Waals surface area contributed by atoms with E-state index < -0.39 is 15.3 Å². The molecule has 1 heterocycles. The highest BCUT2D eigenvalue weighted by atomic mass is 32.2. The van der Waals surface area contributed by atoms with Gasteiger partial charge in [-0.3, -0.25) is 4.79 Å². The molecule has 2 rings (SSSR count). The molecule has 2 atom stereocenters. The van der Waals surface area contributed by atoms with E-state index in [1.54, 1.807) is 4.90 Å². The molecule has 0 aromatic heterocycles. The minimum absolute atomic E-state index is 0.0333. The van der Waals surface area contributed by atoms with Crippen molar-refractivity contribution in [2.24, 2.45) is 16.5 Å². The number of rotatable bonds is 2. The third kappa shape index (κ3) is 3.11. The summed E-state index contributed by atoms with van der Waals surface area (Å²) in [6.45, 7) is 5.19. The van der Waals surface area contributed by atoms with E-state index in [4.69, 9.17) is 5.14 Å². The van der Waals surface area contributed by atoms with Crippen molar-refractivity contribution in [1.82, 2.24) is 4.90 Å². The number of nitrogens with two attached hydrogens (primary N) is 1. The average Bonchev–Trinajstić information content (AvgIpc) is 2.67. The van der Waals surface area contributed by atoms with E-state index in [0.29, 0.717) is 13.0 Å². The Labute approximate surface area is 115 Å². The maximum absolute atomic E-state index is 12.6. The lowest BCUT2D eigenvalue weighted by molar-refractivity contribution is -0.139. The summed E-state index contributed by atoms with van der Waals surface area (Å²) in [5.41, 5.74) is 0.0333. The SMILES string of the molecule is CC1(C)CCCC1C(=O)N1CCCC(S(N)(=O)=O)C1. The molecule has 0 spiro atoms. The molecule has 0 aromatic carbocycles. The first-order chi connectivity index (χ1) is 8.72. The summed E-state index contributed by atoms with van der Waals surface area (Å²) in [5, 5.41) is 4.63. The fraction of sp³-hybridized carbons (Fsp3) is 0.923. The van der Waals surface area contributed by atoms with Crippen molar-refractivity contribution in [1.29, 1.82) is 0 Å². The smallest absolute Gasteiger partial charge is 0.226 e. The van der Waals surface area contributed by atoms with Gasteiger partial charge in [-0.2, -0.15) is 0 Å². The quantitative estimate of drug-likeness (QED) is 0.826. The molecule has 1 amide bonds. The van der Waals surface area contributed by atoms with Gasteiger partial charge >= 0.3 is 0 Å². The van der Waals surface area contributed by atoms with Crippen LogP contribution in [0.5, 0.6) is 0 Å². The molecule has 0 bridgehead atoms. The van der Waals surface area contributed by atoms with Crippen molar-refractivity contribution in [2.45, 2.75) is 51.2 Å². The van der Waals surface area contributed by atoms with Gasteiger partial charge in [0.2, 0.25) is 15.9 Å². The molecule has 1 aliphatic heterocycles. The Morgan fingerprint density at radius 2 is 1.95 bits per heavy atom. The van der Waals surface area contributed by atoms with Crippen LogP contribution in [0, 0.1) is 11.3 Å². The van der Waals surface area contributed by atoms with Gasteiger partial charge in [0.1, 0.15) is 0 Å². The number of amides is 1. The molecule has 0 aromatic rings. The van der Waals surface area contributed by atoms with Crippen molar-refractivity contribution in [3.05, 3.63) is 0 Å². The zero-order valence-corrected chi connectivity index (χ0v) is 12.6. The molecule has 0 radical (unpaired) electrons. The molecule has 2 fully saturated rings. The first-order valence-electron chi connectivity index (χ1n) is 7.02. The Morgan fingerprint density at radius 1 is 1.26 bits per heavy atom. The van der Waals surface area contributed by atoms with E-state index in [-0.39, 0.29) is 23.8 Å². The second-order valence-corrected chi connectivity index (χ2v) is 8.42. The molecule has 1 saturated carbocycles. The topological polar surface area (TPSA) is 80.5 Å². The van der Waals surface area contributed by atoms with Crippen LogP contribution in [0.1, 0.15) is 46.0 Å². The Kier molecular flexibility index (Phi) is 3.93. The van der Waals surface area contributed by atoms with Crippen molar-refractivity contribution >= 4 is 15.9 Å². The number of carbonyl (C=O) groups is 1. The molecule has 19 heavy (non-hydrogen) atoms. The van der Waals surface area contributed by atoms with Crippen molar-refractivity contribution in [2.75, 3.05) is 13.1 Å². The largest absolute Gasteiger partial charge is 0.341 e. The van der Waals surface area contributed by atoms with Crippen LogP contribution in [-0.2, 0) is 14.8 Å². The van der Waals surface area contributed by atoms with Gasteiger partial charge < -0.3 is 4.90 Å². The van der Waals surface area contributed by atoms with Crippen LogP contribution < -0.4 is 5.14 Å². The highest BCUT2D eigenvalue weighted by Gasteiger charge is 2.42. The molecule has 2 N–H and O–H groups in total. The van der Waals surface area contributed by atoms with Gasteiger partial charge in [0, 0.05) is 19.0 Å². The molecule has 110 valence electrons. The summed E-state index contributed by atoms with van der Waals surface area (Å²) < 4.78 is 22.9. The van der Waals surface area contributed by atoms with Crippen molar-refractivity contribution < 1.29 is 13.2 Å². The van der Waals surface area contributed by atoms with Gasteiger partial charge in [-0.15, -0.1) is 0 Å². The van der Waals surface area contributed by atoms with E-state index in [2.05, 4.69) is 13.8 Å². The summed E-state index contributed by atoms with van der Waals surface area (Å²) in [6, 6.07) is 0. The van der Waals surface area contributed by atoms with E-state index in [0.717, 1.165) is 25.7 Å². The first kappa shape index (κ1) is 14.8. The second-order valence-electron chi connectivity index (χ2n) is 6.57. The molecule has 5 nitrogen and oxygen atoms in total. The molecule has 1 aliphatic carbocycles. The molecule has 1 saturated heterocycles. The summed E-state index contributed by atoms with van der Waals surface area (Å²) in [4.78, 5) is 14.3. The number of nitrogens with zero attached hydrogens (tertiary/aromatic N) is 1. The predicted octanol–water partition coefficient (Wildman–Crippen LogP) is 1.09. The van der Waals surface area contributed by atoms with Crippen LogP contribution in [0.15, 0.2) is 0 Å². The Hall–Kier alpha value is -0.620. The predicted molar refractivity (Wildman–Crippen MR) is 73.8 cm³/mol. The van der Waals surface area contributed by atoms with E-state index in [1.807, 2.05) is 0 Å². The zero-order chi connectivity index (χ0) is 14.3. The number of hydrogen-bond donors (Lipinski definition) is 1. The van der Waals surface area contributed by atoms with E-state index >= 15 is 0 Å². The van der Waals surface area contributed by atoms with E-state index in [1.165, 1.54) is 0 Å². The molecule has 2 aliphatic rings. The first-order valence-corrected chi connectivity index (χ1v) is 8.63. The van der Waals surface area contributed by atoms with Crippen LogP contribution in [0.3, 0.4) is 0 Å². The van der Waals surface area contributed by atoms with Crippen molar-refractivity contribution in [3.63, 3.8) is 0 Å². The van der Waals surface area contributed by atoms with Crippen LogP contribution in [0.2, 0.25) is 0 Å². The van der Waals surface area contributed by atoms with Gasteiger partial charge in [0.15, 0.2) is 0 Å². The summed E-state index contributed by atoms with van der Waals surface area (Å²) in [5.74, 6) is 0.155. The monoisotopic (exact) mass is 288 g/mol. The van der Waals surface area contributed by atoms with Gasteiger partial charge in [-0.25, -0.2) is 13.6 Å². The molecular formula is C13H24N2O3S. The molecule has 2 unspecified atom stereocenters. The lowest BCUT2D eigenvalue weighted by Crippen LogP contribution is -2.50. The highest BCUT2D eigenvalue weighted by Crippen LogP contribution is 2.43. The van der Waals surface area contributed by atoms with Crippen molar-refractivity contribution in [3.8, 4) is 0 Å². The summed E-state index contributed by atoms with van der Waals surface area (Å²) in [7, 11) is -3.54. The van der Waals surface area contributed by atoms with Gasteiger partial charge in [-0.05, 0) is 31.1 Å². The number of likely N-dealkylation sites (tertiary alicyclic amines) is 1. The Morgan fingerprint density at radius 3 is 2.47 bits per heavy atom. The van der Waals surface area contributed by atoms with Gasteiger partial charge in [0.25, 0.3) is 0 Å². The van der Waals surface area contributed by atoms with Crippen LogP contribution in [0.25, 0.3) is 0 Å². The summed E-state index contributed by atoms with van der Waals surface area (Å²) in [6.07, 6.45) is 4.35. The van der Waals surface area contributed by atoms with E-state index in [9.17, 15) is 13.2 Å². The molecular weight excluding hydrogens is 264 g/mol. The number of sulfonamides is 1. The molecule has 6 heteroatoms. The van der Waals surface area contributed by atoms with Gasteiger partial charge in [-0.1, -0.05) is 20.3 Å². The maximum Gasteiger partial charge on any atom is 0.226 e. The number of piperidine rings is 1. The summed E-state index contributed by atoms with van der Waals surface area (Å²) >= 11 is 0. The van der Waals surface area contributed by atoms with Gasteiger partial charge in [0.05, 0.1) is 5.25 Å². The Balaban J connectivity index is 2.08. The van der Waals surface area contributed by atoms with Crippen LogP contribution in [-0.4, -0.2) is 37.6 Å². The maximum atomic E-state index is 12.6. The number of hydrogen-bond acceptors (Lipinski definition) is 3. The number of primary sulfonamides is 1. The lowest BCUT2D eigenvalue weighted by Gasteiger charge is -2.36. The van der Waals surface area contributed by atoms with Crippen LogP contribution in [0.4, 0.5) is 0 Å². The Bertz CT molecular complexity index is 459. The minimum Gasteiger partial charge on any atom is -0.341 e. The lowest BCUT2D eigenvalue weighted by atomic mass is 9.81. The highest BCUT2D eigenvalue weighted by molar-refractivity contribution is 7.89. The second kappa shape index (κ2) is 5.05. The average molecular weight is 288 g/mol. The standard InChI is InChI=1S/C13H24N2O3S/c1-13(2)7-3-6-11(13)12(16)15-8-4-5-10(9-15)19(14,17)18/h10-11H,3-9H2,1-2H3,(H2,14,17,18). The fourth-order valence-electron chi connectivity index (χ4n) is 3.41. The van der Waals surface area contributed by atoms with Crippen LogP contribution >= 0.6 is 0 Å². The minimum atomic E-state index is -3.54. The normalized spacial score (nSPS) is 31.4. The third-order valence-electron chi connectivity index (χ3n) is 4.71. The third-order valence-corrected chi connectivity index (χ3v) is 6.02. The zero-order valence-electron chi connectivity index (χ0n) is 11.8.